The third kappa shape index (κ3) is 3.14. The molecule has 0 bridgehead atoms. The molecule has 98 valence electrons. The molecule has 0 radical (unpaired) electrons. The van der Waals surface area contributed by atoms with E-state index in [1.807, 2.05) is 0 Å². The van der Waals surface area contributed by atoms with E-state index in [1.165, 1.54) is 6.20 Å². The number of hydrogen-bond acceptors (Lipinski definition) is 4. The molecule has 0 aliphatic rings. The molecule has 2 aromatic rings. The van der Waals surface area contributed by atoms with Crippen molar-refractivity contribution in [3.05, 3.63) is 47.1 Å². The van der Waals surface area contributed by atoms with Crippen molar-refractivity contribution >= 4 is 29.0 Å². The van der Waals surface area contributed by atoms with Gasteiger partial charge in [0.1, 0.15) is 11.6 Å². The second-order valence-electron chi connectivity index (χ2n) is 3.77. The maximum Gasteiger partial charge on any atom is 0.257 e. The number of benzene rings is 1. The smallest absolute Gasteiger partial charge is 0.257 e. The number of methoxy groups -OCH3 is 1. The minimum Gasteiger partial charge on any atom is -0.497 e. The Labute approximate surface area is 115 Å². The lowest BCUT2D eigenvalue weighted by molar-refractivity contribution is 0.102. The van der Waals surface area contributed by atoms with Gasteiger partial charge in [0.2, 0.25) is 0 Å². The molecule has 0 atom stereocenters. The van der Waals surface area contributed by atoms with E-state index in [2.05, 4.69) is 10.3 Å². The number of anilines is 2. The molecular formula is C13H12ClN3O2. The van der Waals surface area contributed by atoms with E-state index >= 15 is 0 Å². The van der Waals surface area contributed by atoms with Crippen molar-refractivity contribution in [2.24, 2.45) is 0 Å². The number of nitrogen functional groups attached to an aromatic ring is 1. The summed E-state index contributed by atoms with van der Waals surface area (Å²) in [4.78, 5) is 15.8. The van der Waals surface area contributed by atoms with Gasteiger partial charge in [0.15, 0.2) is 0 Å². The van der Waals surface area contributed by atoms with Crippen molar-refractivity contribution in [1.29, 1.82) is 0 Å². The van der Waals surface area contributed by atoms with Gasteiger partial charge >= 0.3 is 0 Å². The minimum absolute atomic E-state index is 0.317. The average Bonchev–Trinajstić information content (AvgIpc) is 2.42. The average molecular weight is 278 g/mol. The number of nitrogens with one attached hydrogen (secondary N) is 1. The summed E-state index contributed by atoms with van der Waals surface area (Å²) in [6, 6.07) is 8.15. The number of aromatic nitrogens is 1. The summed E-state index contributed by atoms with van der Waals surface area (Å²) >= 11 is 6.00. The fourth-order valence-corrected chi connectivity index (χ4v) is 1.63. The Morgan fingerprint density at radius 2 is 2.16 bits per heavy atom. The van der Waals surface area contributed by atoms with Crippen molar-refractivity contribution in [3.8, 4) is 5.75 Å². The Morgan fingerprint density at radius 3 is 2.79 bits per heavy atom. The van der Waals surface area contributed by atoms with Crippen LogP contribution in [0.25, 0.3) is 0 Å². The van der Waals surface area contributed by atoms with Crippen molar-refractivity contribution < 1.29 is 9.53 Å². The Bertz CT molecular complexity index is 599. The van der Waals surface area contributed by atoms with Crippen LogP contribution in [0.15, 0.2) is 36.5 Å². The monoisotopic (exact) mass is 277 g/mol. The number of rotatable bonds is 3. The molecule has 0 aliphatic heterocycles. The molecule has 0 aliphatic carbocycles. The highest BCUT2D eigenvalue weighted by Crippen LogP contribution is 2.27. The lowest BCUT2D eigenvalue weighted by atomic mass is 10.2. The molecular weight excluding hydrogens is 266 g/mol. The van der Waals surface area contributed by atoms with Crippen LogP contribution in [0.1, 0.15) is 10.4 Å². The summed E-state index contributed by atoms with van der Waals surface area (Å²) in [6.07, 6.45) is 1.40. The van der Waals surface area contributed by atoms with Crippen LogP contribution in [0.3, 0.4) is 0 Å². The lowest BCUT2D eigenvalue weighted by Crippen LogP contribution is -2.12. The number of amides is 1. The van der Waals surface area contributed by atoms with Gasteiger partial charge in [0.25, 0.3) is 5.91 Å². The van der Waals surface area contributed by atoms with Crippen molar-refractivity contribution in [2.75, 3.05) is 18.2 Å². The molecule has 3 N–H and O–H groups in total. The van der Waals surface area contributed by atoms with Crippen molar-refractivity contribution in [2.45, 2.75) is 0 Å². The van der Waals surface area contributed by atoms with Gasteiger partial charge in [-0.3, -0.25) is 4.79 Å². The van der Waals surface area contributed by atoms with E-state index in [0.29, 0.717) is 27.8 Å². The first-order valence-corrected chi connectivity index (χ1v) is 5.84. The predicted octanol–water partition coefficient (Wildman–Crippen LogP) is 2.58. The van der Waals surface area contributed by atoms with E-state index in [9.17, 15) is 4.79 Å². The summed E-state index contributed by atoms with van der Waals surface area (Å²) in [5.41, 5.74) is 6.33. The molecule has 0 saturated carbocycles. The van der Waals surface area contributed by atoms with Crippen LogP contribution in [-0.2, 0) is 0 Å². The van der Waals surface area contributed by atoms with Gasteiger partial charge in [0, 0.05) is 12.3 Å². The van der Waals surface area contributed by atoms with Gasteiger partial charge in [-0.15, -0.1) is 0 Å². The van der Waals surface area contributed by atoms with Gasteiger partial charge in [0.05, 0.1) is 23.4 Å². The normalized spacial score (nSPS) is 10.0. The highest BCUT2D eigenvalue weighted by molar-refractivity contribution is 6.34. The van der Waals surface area contributed by atoms with Crippen LogP contribution in [-0.4, -0.2) is 18.0 Å². The summed E-state index contributed by atoms with van der Waals surface area (Å²) in [5.74, 6) is 0.647. The van der Waals surface area contributed by atoms with Gasteiger partial charge in [-0.05, 0) is 24.3 Å². The standard InChI is InChI=1S/C13H12ClN3O2/c1-19-9-3-4-10(14)11(6-9)17-13(18)8-2-5-12(15)16-7-8/h2-7H,1H3,(H2,15,16)(H,17,18). The highest BCUT2D eigenvalue weighted by Gasteiger charge is 2.09. The van der Waals surface area contributed by atoms with E-state index in [4.69, 9.17) is 22.1 Å². The van der Waals surface area contributed by atoms with Crippen LogP contribution in [0.4, 0.5) is 11.5 Å². The maximum absolute atomic E-state index is 12.0. The lowest BCUT2D eigenvalue weighted by Gasteiger charge is -2.09. The van der Waals surface area contributed by atoms with E-state index in [-0.39, 0.29) is 5.91 Å². The molecule has 6 heteroatoms. The number of ether oxygens (including phenoxy) is 1. The number of nitrogens with two attached hydrogens (primary N) is 1. The number of halogens is 1. The summed E-state index contributed by atoms with van der Waals surface area (Å²) in [6.45, 7) is 0. The van der Waals surface area contributed by atoms with Crippen molar-refractivity contribution in [1.82, 2.24) is 4.98 Å². The van der Waals surface area contributed by atoms with Gasteiger partial charge in [-0.2, -0.15) is 0 Å². The van der Waals surface area contributed by atoms with Gasteiger partial charge < -0.3 is 15.8 Å². The number of carbonyl (C=O) groups excluding carboxylic acids is 1. The van der Waals surface area contributed by atoms with E-state index < -0.39 is 0 Å². The fourth-order valence-electron chi connectivity index (χ4n) is 1.46. The predicted molar refractivity (Wildman–Crippen MR) is 74.6 cm³/mol. The Balaban J connectivity index is 2.21. The molecule has 0 spiro atoms. The quantitative estimate of drug-likeness (QED) is 0.904. The summed E-state index contributed by atoms with van der Waals surface area (Å²) in [7, 11) is 1.54. The Morgan fingerprint density at radius 1 is 1.37 bits per heavy atom. The van der Waals surface area contributed by atoms with Crippen LogP contribution >= 0.6 is 11.6 Å². The van der Waals surface area contributed by atoms with Crippen LogP contribution in [0.2, 0.25) is 5.02 Å². The van der Waals surface area contributed by atoms with Gasteiger partial charge in [-0.1, -0.05) is 11.6 Å². The van der Waals surface area contributed by atoms with Crippen LogP contribution in [0.5, 0.6) is 5.75 Å². The second kappa shape index (κ2) is 5.58. The zero-order valence-corrected chi connectivity index (χ0v) is 10.9. The van der Waals surface area contributed by atoms with Crippen molar-refractivity contribution in [3.63, 3.8) is 0 Å². The summed E-state index contributed by atoms with van der Waals surface area (Å²) in [5, 5.41) is 3.12. The zero-order valence-electron chi connectivity index (χ0n) is 10.2. The molecule has 0 fully saturated rings. The third-order valence-corrected chi connectivity index (χ3v) is 2.80. The largest absolute Gasteiger partial charge is 0.497 e. The molecule has 1 aromatic heterocycles. The van der Waals surface area contributed by atoms with E-state index in [1.54, 1.807) is 37.4 Å². The number of hydrogen-bond donors (Lipinski definition) is 2. The first-order valence-electron chi connectivity index (χ1n) is 5.46. The number of pyridine rings is 1. The first kappa shape index (κ1) is 13.2. The second-order valence-corrected chi connectivity index (χ2v) is 4.18. The molecule has 5 nitrogen and oxygen atoms in total. The third-order valence-electron chi connectivity index (χ3n) is 2.47. The topological polar surface area (TPSA) is 77.2 Å². The van der Waals surface area contributed by atoms with E-state index in [0.717, 1.165) is 0 Å². The summed E-state index contributed by atoms with van der Waals surface area (Å²) < 4.78 is 5.07. The maximum atomic E-state index is 12.0. The van der Waals surface area contributed by atoms with Crippen LogP contribution < -0.4 is 15.8 Å². The fraction of sp³-hybridized carbons (Fsp3) is 0.0769. The van der Waals surface area contributed by atoms with Crippen LogP contribution in [0, 0.1) is 0 Å². The Hall–Kier alpha value is -2.27. The molecule has 2 rings (SSSR count). The molecule has 19 heavy (non-hydrogen) atoms. The Kier molecular flexibility index (Phi) is 3.87. The molecule has 0 saturated heterocycles. The van der Waals surface area contributed by atoms with Gasteiger partial charge in [-0.25, -0.2) is 4.98 Å². The zero-order chi connectivity index (χ0) is 13.8. The molecule has 1 amide bonds. The number of nitrogens with zero attached hydrogens (tertiary/aromatic N) is 1. The molecule has 1 aromatic carbocycles. The molecule has 1 heterocycles. The SMILES string of the molecule is COc1ccc(Cl)c(NC(=O)c2ccc(N)nc2)c1. The minimum atomic E-state index is -0.317. The molecule has 0 unspecified atom stereocenters. The highest BCUT2D eigenvalue weighted by atomic mass is 35.5. The first-order chi connectivity index (χ1) is 9.10. The number of carbonyl (C=O) groups is 1.